The third kappa shape index (κ3) is 3.24. The number of piperazine rings is 1. The number of halogens is 1. The van der Waals surface area contributed by atoms with Crippen molar-refractivity contribution in [2.45, 2.75) is 37.7 Å². The van der Waals surface area contributed by atoms with Gasteiger partial charge in [0, 0.05) is 26.2 Å². The van der Waals surface area contributed by atoms with E-state index in [2.05, 4.69) is 0 Å². The number of rotatable bonds is 3. The van der Waals surface area contributed by atoms with Crippen LogP contribution in [0, 0.1) is 5.82 Å². The highest BCUT2D eigenvalue weighted by Crippen LogP contribution is 2.33. The summed E-state index contributed by atoms with van der Waals surface area (Å²) < 4.78 is 13.8. The summed E-state index contributed by atoms with van der Waals surface area (Å²) in [6.07, 6.45) is 3.70. The Balaban J connectivity index is 1.55. The van der Waals surface area contributed by atoms with Crippen LogP contribution >= 0.6 is 0 Å². The van der Waals surface area contributed by atoms with E-state index in [-0.39, 0.29) is 18.1 Å². The Kier molecular flexibility index (Phi) is 4.34. The average Bonchev–Trinajstić information content (AvgIpc) is 2.94. The van der Waals surface area contributed by atoms with Gasteiger partial charge in [0.15, 0.2) is 0 Å². The van der Waals surface area contributed by atoms with Crippen LogP contribution in [0.15, 0.2) is 24.3 Å². The number of carbonyl (C=O) groups is 1. The summed E-state index contributed by atoms with van der Waals surface area (Å²) in [6.45, 7) is 2.43. The topological polar surface area (TPSA) is 43.8 Å². The van der Waals surface area contributed by atoms with Crippen molar-refractivity contribution in [3.63, 3.8) is 0 Å². The van der Waals surface area contributed by atoms with E-state index in [9.17, 15) is 14.3 Å². The first-order valence-electron chi connectivity index (χ1n) is 8.07. The molecule has 22 heavy (non-hydrogen) atoms. The fourth-order valence-electron chi connectivity index (χ4n) is 3.51. The van der Waals surface area contributed by atoms with Gasteiger partial charge in [-0.1, -0.05) is 25.0 Å². The maximum absolute atomic E-state index is 13.8. The number of para-hydroxylation sites is 1. The summed E-state index contributed by atoms with van der Waals surface area (Å²) in [5.41, 5.74) is -0.191. The molecule has 3 rings (SSSR count). The molecule has 1 saturated heterocycles. The Labute approximate surface area is 130 Å². The summed E-state index contributed by atoms with van der Waals surface area (Å²) in [4.78, 5) is 16.1. The molecule has 1 amide bonds. The molecule has 2 fully saturated rings. The summed E-state index contributed by atoms with van der Waals surface area (Å²) in [6, 6.07) is 6.74. The van der Waals surface area contributed by atoms with Gasteiger partial charge in [-0.3, -0.25) is 4.79 Å². The lowest BCUT2D eigenvalue weighted by Gasteiger charge is -2.37. The highest BCUT2D eigenvalue weighted by molar-refractivity contribution is 5.77. The molecular weight excluding hydrogens is 283 g/mol. The predicted molar refractivity (Wildman–Crippen MR) is 83.2 cm³/mol. The molecular formula is C17H23FN2O2. The van der Waals surface area contributed by atoms with Crippen molar-refractivity contribution in [2.75, 3.05) is 31.1 Å². The molecule has 0 bridgehead atoms. The summed E-state index contributed by atoms with van der Waals surface area (Å²) >= 11 is 0. The Morgan fingerprint density at radius 2 is 1.77 bits per heavy atom. The van der Waals surface area contributed by atoms with E-state index in [0.717, 1.165) is 25.7 Å². The SMILES string of the molecule is O=C(CC1(O)CCCC1)N1CCN(c2ccccc2F)CC1. The van der Waals surface area contributed by atoms with E-state index in [0.29, 0.717) is 31.9 Å². The van der Waals surface area contributed by atoms with Crippen molar-refractivity contribution < 1.29 is 14.3 Å². The number of hydrogen-bond donors (Lipinski definition) is 1. The predicted octanol–water partition coefficient (Wildman–Crippen LogP) is 2.17. The number of benzene rings is 1. The molecule has 1 heterocycles. The van der Waals surface area contributed by atoms with E-state index >= 15 is 0 Å². The maximum Gasteiger partial charge on any atom is 0.225 e. The summed E-state index contributed by atoms with van der Waals surface area (Å²) in [5.74, 6) is -0.194. The molecule has 1 aromatic rings. The smallest absolute Gasteiger partial charge is 0.225 e. The molecule has 0 atom stereocenters. The largest absolute Gasteiger partial charge is 0.389 e. The van der Waals surface area contributed by atoms with Crippen LogP contribution in [0.3, 0.4) is 0 Å². The van der Waals surface area contributed by atoms with Crippen molar-refractivity contribution in [3.8, 4) is 0 Å². The van der Waals surface area contributed by atoms with Crippen LogP contribution in [0.1, 0.15) is 32.1 Å². The Hall–Kier alpha value is -1.62. The molecule has 1 saturated carbocycles. The Morgan fingerprint density at radius 1 is 1.14 bits per heavy atom. The molecule has 1 N–H and O–H groups in total. The highest BCUT2D eigenvalue weighted by Gasteiger charge is 2.35. The normalized spacial score (nSPS) is 21.2. The van der Waals surface area contributed by atoms with Gasteiger partial charge in [-0.2, -0.15) is 0 Å². The van der Waals surface area contributed by atoms with Gasteiger partial charge in [-0.15, -0.1) is 0 Å². The van der Waals surface area contributed by atoms with Gasteiger partial charge in [0.2, 0.25) is 5.91 Å². The monoisotopic (exact) mass is 306 g/mol. The van der Waals surface area contributed by atoms with Gasteiger partial charge in [-0.05, 0) is 25.0 Å². The molecule has 120 valence electrons. The van der Waals surface area contributed by atoms with E-state index in [4.69, 9.17) is 0 Å². The standard InChI is InChI=1S/C17H23FN2O2/c18-14-5-1-2-6-15(14)19-9-11-20(12-10-19)16(21)13-17(22)7-3-4-8-17/h1-2,5-6,22H,3-4,7-13H2. The van der Waals surface area contributed by atoms with E-state index < -0.39 is 5.60 Å². The first kappa shape index (κ1) is 15.3. The first-order valence-corrected chi connectivity index (χ1v) is 8.07. The lowest BCUT2D eigenvalue weighted by molar-refractivity contribution is -0.136. The molecule has 0 radical (unpaired) electrons. The van der Waals surface area contributed by atoms with Crippen LogP contribution in [-0.4, -0.2) is 47.7 Å². The van der Waals surface area contributed by atoms with Crippen LogP contribution in [-0.2, 0) is 4.79 Å². The van der Waals surface area contributed by atoms with Gasteiger partial charge in [-0.25, -0.2) is 4.39 Å². The summed E-state index contributed by atoms with van der Waals surface area (Å²) in [7, 11) is 0. The number of anilines is 1. The minimum atomic E-state index is -0.792. The second kappa shape index (κ2) is 6.24. The lowest BCUT2D eigenvalue weighted by Crippen LogP contribution is -2.50. The van der Waals surface area contributed by atoms with Gasteiger partial charge >= 0.3 is 0 Å². The second-order valence-corrected chi connectivity index (χ2v) is 6.43. The maximum atomic E-state index is 13.8. The van der Waals surface area contributed by atoms with Crippen LogP contribution < -0.4 is 4.90 Å². The van der Waals surface area contributed by atoms with E-state index in [1.807, 2.05) is 11.0 Å². The van der Waals surface area contributed by atoms with Crippen molar-refractivity contribution in [1.82, 2.24) is 4.90 Å². The van der Waals surface area contributed by atoms with Gasteiger partial charge in [0.05, 0.1) is 17.7 Å². The number of aliphatic hydroxyl groups is 1. The fourth-order valence-corrected chi connectivity index (χ4v) is 3.51. The third-order valence-electron chi connectivity index (χ3n) is 4.84. The minimum absolute atomic E-state index is 0.0255. The molecule has 1 aliphatic carbocycles. The third-order valence-corrected chi connectivity index (χ3v) is 4.84. The van der Waals surface area contributed by atoms with E-state index in [1.54, 1.807) is 17.0 Å². The summed E-state index contributed by atoms with van der Waals surface area (Å²) in [5, 5.41) is 10.4. The Morgan fingerprint density at radius 3 is 2.41 bits per heavy atom. The van der Waals surface area contributed by atoms with Gasteiger partial charge in [0.1, 0.15) is 5.82 Å². The minimum Gasteiger partial charge on any atom is -0.389 e. The van der Waals surface area contributed by atoms with Crippen molar-refractivity contribution in [2.24, 2.45) is 0 Å². The molecule has 1 aromatic carbocycles. The van der Waals surface area contributed by atoms with Crippen LogP contribution in [0.25, 0.3) is 0 Å². The van der Waals surface area contributed by atoms with E-state index in [1.165, 1.54) is 6.07 Å². The molecule has 0 spiro atoms. The van der Waals surface area contributed by atoms with Gasteiger partial charge < -0.3 is 14.9 Å². The fraction of sp³-hybridized carbons (Fsp3) is 0.588. The molecule has 1 aliphatic heterocycles. The zero-order chi connectivity index (χ0) is 15.6. The average molecular weight is 306 g/mol. The first-order chi connectivity index (χ1) is 10.6. The number of carbonyl (C=O) groups excluding carboxylic acids is 1. The van der Waals surface area contributed by atoms with Crippen molar-refractivity contribution >= 4 is 11.6 Å². The van der Waals surface area contributed by atoms with Gasteiger partial charge in [0.25, 0.3) is 0 Å². The number of nitrogens with zero attached hydrogens (tertiary/aromatic N) is 2. The Bertz CT molecular complexity index is 535. The van der Waals surface area contributed by atoms with Crippen LogP contribution in [0.2, 0.25) is 0 Å². The number of amides is 1. The van der Waals surface area contributed by atoms with Crippen molar-refractivity contribution in [3.05, 3.63) is 30.1 Å². The molecule has 2 aliphatic rings. The zero-order valence-corrected chi connectivity index (χ0v) is 12.8. The van der Waals surface area contributed by atoms with Crippen molar-refractivity contribution in [1.29, 1.82) is 0 Å². The molecule has 0 aromatic heterocycles. The molecule has 5 heteroatoms. The molecule has 4 nitrogen and oxygen atoms in total. The second-order valence-electron chi connectivity index (χ2n) is 6.43. The number of hydrogen-bond acceptors (Lipinski definition) is 3. The lowest BCUT2D eigenvalue weighted by atomic mass is 9.97. The van der Waals surface area contributed by atoms with Crippen LogP contribution in [0.4, 0.5) is 10.1 Å². The quantitative estimate of drug-likeness (QED) is 0.931. The van der Waals surface area contributed by atoms with Crippen LogP contribution in [0.5, 0.6) is 0 Å². The highest BCUT2D eigenvalue weighted by atomic mass is 19.1. The molecule has 0 unspecified atom stereocenters. The zero-order valence-electron chi connectivity index (χ0n) is 12.8.